The number of likely N-dealkylation sites (tertiary alicyclic amines) is 1. The normalized spacial score (nSPS) is 16.6. The van der Waals surface area contributed by atoms with Gasteiger partial charge in [-0.3, -0.25) is 9.69 Å². The Hall–Kier alpha value is -2.97. The van der Waals surface area contributed by atoms with Crippen molar-refractivity contribution in [2.45, 2.75) is 65.4 Å². The number of nitrogens with zero attached hydrogens (tertiary/aromatic N) is 2. The maximum atomic E-state index is 13.3. The van der Waals surface area contributed by atoms with Crippen LogP contribution in [-0.2, 0) is 0 Å². The fourth-order valence-corrected chi connectivity index (χ4v) is 4.86. The summed E-state index contributed by atoms with van der Waals surface area (Å²) < 4.78 is 31.8. The second kappa shape index (κ2) is 11.2. The van der Waals surface area contributed by atoms with E-state index in [0.29, 0.717) is 78.6 Å². The standard InChI is InChI=1S/C29H37FN2O5/c1-18(22-6-8-23(30)9-7-22)10-16-35-28-26(36-17-15-32-13-11-29(5,34)12-14-32)24(20(3)33)19(2)25-27(28)37-21(4)31-25/h6-9,18,34H,10-17H2,1-5H3. The van der Waals surface area contributed by atoms with Crippen LogP contribution in [0.1, 0.15) is 73.3 Å². The summed E-state index contributed by atoms with van der Waals surface area (Å²) >= 11 is 0. The van der Waals surface area contributed by atoms with Crippen molar-refractivity contribution >= 4 is 16.9 Å². The van der Waals surface area contributed by atoms with Gasteiger partial charge in [-0.25, -0.2) is 9.37 Å². The number of aromatic nitrogens is 1. The van der Waals surface area contributed by atoms with Gasteiger partial charge in [-0.15, -0.1) is 0 Å². The van der Waals surface area contributed by atoms with Crippen molar-refractivity contribution in [1.82, 2.24) is 9.88 Å². The number of hydrogen-bond donors (Lipinski definition) is 1. The Kier molecular flexibility index (Phi) is 8.19. The first-order valence-electron chi connectivity index (χ1n) is 13.0. The summed E-state index contributed by atoms with van der Waals surface area (Å²) in [5.74, 6) is 1.00. The minimum Gasteiger partial charge on any atom is -0.487 e. The van der Waals surface area contributed by atoms with Crippen molar-refractivity contribution < 1.29 is 28.2 Å². The molecule has 37 heavy (non-hydrogen) atoms. The molecule has 0 bridgehead atoms. The number of rotatable bonds is 10. The lowest BCUT2D eigenvalue weighted by Gasteiger charge is -2.35. The number of carbonyl (C=O) groups is 1. The fraction of sp³-hybridized carbons (Fsp3) is 0.517. The molecule has 0 aliphatic carbocycles. The summed E-state index contributed by atoms with van der Waals surface area (Å²) in [6, 6.07) is 6.49. The Morgan fingerprint density at radius 1 is 1.16 bits per heavy atom. The molecule has 8 heteroatoms. The number of halogens is 1. The minimum atomic E-state index is -0.614. The predicted octanol–water partition coefficient (Wildman–Crippen LogP) is 5.58. The molecule has 1 aliphatic rings. The van der Waals surface area contributed by atoms with Crippen LogP contribution in [0.25, 0.3) is 11.1 Å². The number of ketones is 1. The molecule has 3 aromatic rings. The molecule has 2 heterocycles. The quantitative estimate of drug-likeness (QED) is 0.355. The van der Waals surface area contributed by atoms with Crippen LogP contribution in [0.5, 0.6) is 11.5 Å². The second-order valence-electron chi connectivity index (χ2n) is 10.4. The van der Waals surface area contributed by atoms with Crippen LogP contribution in [0.2, 0.25) is 0 Å². The van der Waals surface area contributed by atoms with E-state index in [2.05, 4.69) is 16.8 Å². The predicted molar refractivity (Wildman–Crippen MR) is 140 cm³/mol. The van der Waals surface area contributed by atoms with E-state index in [1.54, 1.807) is 19.1 Å². The van der Waals surface area contributed by atoms with Gasteiger partial charge in [-0.1, -0.05) is 19.1 Å². The van der Waals surface area contributed by atoms with Gasteiger partial charge in [0.05, 0.1) is 17.8 Å². The number of carbonyl (C=O) groups excluding carboxylic acids is 1. The molecule has 200 valence electrons. The maximum Gasteiger partial charge on any atom is 0.207 e. The van der Waals surface area contributed by atoms with Crippen molar-refractivity contribution in [1.29, 1.82) is 0 Å². The van der Waals surface area contributed by atoms with Crippen molar-refractivity contribution in [3.63, 3.8) is 0 Å². The van der Waals surface area contributed by atoms with Crippen LogP contribution >= 0.6 is 0 Å². The van der Waals surface area contributed by atoms with Crippen molar-refractivity contribution in [2.24, 2.45) is 0 Å². The van der Waals surface area contributed by atoms with Gasteiger partial charge in [-0.05, 0) is 69.2 Å². The van der Waals surface area contributed by atoms with E-state index >= 15 is 0 Å². The number of aliphatic hydroxyl groups is 1. The van der Waals surface area contributed by atoms with Gasteiger partial charge in [-0.2, -0.15) is 0 Å². The molecule has 1 N–H and O–H groups in total. The Morgan fingerprint density at radius 2 is 1.81 bits per heavy atom. The van der Waals surface area contributed by atoms with Gasteiger partial charge in [0.2, 0.25) is 11.3 Å². The monoisotopic (exact) mass is 512 g/mol. The number of piperidine rings is 1. The van der Waals surface area contributed by atoms with Crippen LogP contribution in [0.15, 0.2) is 28.7 Å². The third kappa shape index (κ3) is 6.30. The highest BCUT2D eigenvalue weighted by Crippen LogP contribution is 2.43. The smallest absolute Gasteiger partial charge is 0.207 e. The first kappa shape index (κ1) is 27.1. The molecule has 0 amide bonds. The molecule has 1 aliphatic heterocycles. The van der Waals surface area contributed by atoms with Crippen molar-refractivity contribution in [2.75, 3.05) is 32.8 Å². The lowest BCUT2D eigenvalue weighted by Crippen LogP contribution is -2.43. The molecular formula is C29H37FN2O5. The molecule has 0 saturated carbocycles. The van der Waals surface area contributed by atoms with Crippen LogP contribution in [-0.4, -0.2) is 59.2 Å². The van der Waals surface area contributed by atoms with E-state index in [4.69, 9.17) is 13.9 Å². The van der Waals surface area contributed by atoms with Gasteiger partial charge >= 0.3 is 0 Å². The first-order valence-corrected chi connectivity index (χ1v) is 13.0. The summed E-state index contributed by atoms with van der Waals surface area (Å²) in [5.41, 5.74) is 2.63. The largest absolute Gasteiger partial charge is 0.487 e. The number of Topliss-reactive ketones (excluding diaryl/α,β-unsaturated/α-hetero) is 1. The van der Waals surface area contributed by atoms with Crippen LogP contribution in [0.3, 0.4) is 0 Å². The van der Waals surface area contributed by atoms with Crippen LogP contribution in [0, 0.1) is 19.7 Å². The Morgan fingerprint density at radius 3 is 2.46 bits per heavy atom. The highest BCUT2D eigenvalue weighted by Gasteiger charge is 2.29. The van der Waals surface area contributed by atoms with E-state index in [0.717, 1.165) is 18.7 Å². The number of fused-ring (bicyclic) bond motifs is 1. The van der Waals surface area contributed by atoms with E-state index < -0.39 is 5.60 Å². The number of aryl methyl sites for hydroxylation is 2. The summed E-state index contributed by atoms with van der Waals surface area (Å²) in [7, 11) is 0. The Bertz CT molecular complexity index is 1240. The van der Waals surface area contributed by atoms with E-state index in [1.165, 1.54) is 19.1 Å². The molecule has 7 nitrogen and oxygen atoms in total. The molecule has 0 radical (unpaired) electrons. The second-order valence-corrected chi connectivity index (χ2v) is 10.4. The summed E-state index contributed by atoms with van der Waals surface area (Å²) in [4.78, 5) is 19.5. The van der Waals surface area contributed by atoms with E-state index in [1.807, 2.05) is 13.8 Å². The Balaban J connectivity index is 1.56. The van der Waals surface area contributed by atoms with Crippen molar-refractivity contribution in [3.8, 4) is 11.5 Å². The van der Waals surface area contributed by atoms with E-state index in [-0.39, 0.29) is 17.5 Å². The number of ether oxygens (including phenoxy) is 2. The lowest BCUT2D eigenvalue weighted by atomic mass is 9.94. The average Bonchev–Trinajstić information content (AvgIpc) is 3.24. The van der Waals surface area contributed by atoms with Gasteiger partial charge in [0, 0.05) is 26.6 Å². The van der Waals surface area contributed by atoms with Crippen molar-refractivity contribution in [3.05, 3.63) is 52.7 Å². The molecule has 1 aromatic heterocycles. The van der Waals surface area contributed by atoms with Gasteiger partial charge in [0.25, 0.3) is 0 Å². The molecule has 1 atom stereocenters. The first-order chi connectivity index (χ1) is 17.6. The molecule has 1 unspecified atom stereocenters. The number of hydrogen-bond acceptors (Lipinski definition) is 7. The average molecular weight is 513 g/mol. The topological polar surface area (TPSA) is 85.0 Å². The molecule has 0 spiro atoms. The molecular weight excluding hydrogens is 475 g/mol. The third-order valence-electron chi connectivity index (χ3n) is 7.28. The van der Waals surface area contributed by atoms with Gasteiger partial charge < -0.3 is 19.0 Å². The zero-order chi connectivity index (χ0) is 26.7. The SMILES string of the molecule is CC(=O)c1c(OCCN2CCC(C)(O)CC2)c(OCCC(C)c2ccc(F)cc2)c2oc(C)nc2c1C. The minimum absolute atomic E-state index is 0.131. The summed E-state index contributed by atoms with van der Waals surface area (Å²) in [6.45, 7) is 12.0. The van der Waals surface area contributed by atoms with Gasteiger partial charge in [0.1, 0.15) is 17.9 Å². The lowest BCUT2D eigenvalue weighted by molar-refractivity contribution is -0.00776. The number of benzene rings is 2. The van der Waals surface area contributed by atoms with E-state index in [9.17, 15) is 14.3 Å². The van der Waals surface area contributed by atoms with Crippen LogP contribution in [0.4, 0.5) is 4.39 Å². The summed E-state index contributed by atoms with van der Waals surface area (Å²) in [5, 5.41) is 10.2. The molecule has 1 fully saturated rings. The zero-order valence-corrected chi connectivity index (χ0v) is 22.4. The fourth-order valence-electron chi connectivity index (χ4n) is 4.86. The highest BCUT2D eigenvalue weighted by atomic mass is 19.1. The zero-order valence-electron chi connectivity index (χ0n) is 22.4. The molecule has 1 saturated heterocycles. The maximum absolute atomic E-state index is 13.3. The Labute approximate surface area is 217 Å². The highest BCUT2D eigenvalue weighted by molar-refractivity contribution is 6.05. The van der Waals surface area contributed by atoms with Crippen LogP contribution < -0.4 is 9.47 Å². The molecule has 2 aromatic carbocycles. The summed E-state index contributed by atoms with van der Waals surface area (Å²) in [6.07, 6.45) is 2.11. The number of oxazole rings is 1. The van der Waals surface area contributed by atoms with Gasteiger partial charge in [0.15, 0.2) is 17.4 Å². The third-order valence-corrected chi connectivity index (χ3v) is 7.28. The molecule has 4 rings (SSSR count).